The topological polar surface area (TPSA) is 55.8 Å². The molecule has 0 bridgehead atoms. The first-order valence-electron chi connectivity index (χ1n) is 10.6. The first-order valence-corrected chi connectivity index (χ1v) is 11.5. The first-order chi connectivity index (χ1) is 15.5. The molecule has 0 fully saturated rings. The second kappa shape index (κ2) is 9.85. The van der Waals surface area contributed by atoms with Gasteiger partial charge in [0.1, 0.15) is 23.4 Å². The highest BCUT2D eigenvalue weighted by Gasteiger charge is 2.28. The zero-order valence-corrected chi connectivity index (χ0v) is 19.2. The normalized spacial score (nSPS) is 14.8. The van der Waals surface area contributed by atoms with Crippen LogP contribution >= 0.6 is 23.2 Å². The van der Waals surface area contributed by atoms with Crippen LogP contribution in [0.3, 0.4) is 0 Å². The molecule has 1 aliphatic rings. The molecule has 1 aliphatic carbocycles. The Hall–Kier alpha value is -2.69. The van der Waals surface area contributed by atoms with Crippen molar-refractivity contribution in [2.24, 2.45) is 0 Å². The molecule has 0 heterocycles. The molecular formula is C26H24Cl2O4. The Morgan fingerprint density at radius 3 is 2.69 bits per heavy atom. The first kappa shape index (κ1) is 22.5. The van der Waals surface area contributed by atoms with Gasteiger partial charge in [-0.3, -0.25) is 4.79 Å². The minimum absolute atomic E-state index is 0.139. The van der Waals surface area contributed by atoms with Crippen molar-refractivity contribution in [2.75, 3.05) is 12.5 Å². The van der Waals surface area contributed by atoms with Crippen molar-refractivity contribution in [3.63, 3.8) is 0 Å². The van der Waals surface area contributed by atoms with Gasteiger partial charge in [-0.1, -0.05) is 41.9 Å². The van der Waals surface area contributed by atoms with Crippen molar-refractivity contribution < 1.29 is 19.4 Å². The molecule has 0 amide bonds. The monoisotopic (exact) mass is 470 g/mol. The summed E-state index contributed by atoms with van der Waals surface area (Å²) in [7, 11) is 0. The van der Waals surface area contributed by atoms with E-state index in [1.165, 1.54) is 23.3 Å². The number of aldehydes is 1. The van der Waals surface area contributed by atoms with Crippen LogP contribution in [-0.2, 0) is 6.42 Å². The fourth-order valence-electron chi connectivity index (χ4n) is 4.19. The number of hydrogen-bond acceptors (Lipinski definition) is 4. The van der Waals surface area contributed by atoms with Gasteiger partial charge in [-0.05, 0) is 66.1 Å². The van der Waals surface area contributed by atoms with Gasteiger partial charge in [0.15, 0.2) is 6.29 Å². The third-order valence-corrected chi connectivity index (χ3v) is 6.37. The number of halogens is 2. The van der Waals surface area contributed by atoms with Crippen LogP contribution in [0, 0.1) is 6.92 Å². The molecule has 0 saturated heterocycles. The molecule has 1 N–H and O–H groups in total. The molecule has 0 aromatic heterocycles. The number of phenols is 1. The second-order valence-corrected chi connectivity index (χ2v) is 8.58. The summed E-state index contributed by atoms with van der Waals surface area (Å²) >= 11 is 12.1. The molecule has 6 heteroatoms. The van der Waals surface area contributed by atoms with Gasteiger partial charge < -0.3 is 14.6 Å². The van der Waals surface area contributed by atoms with Crippen LogP contribution in [0.25, 0.3) is 11.1 Å². The number of phenolic OH excluding ortho intramolecular Hbond substituents is 1. The zero-order chi connectivity index (χ0) is 22.7. The number of hydrogen-bond donors (Lipinski definition) is 1. The Morgan fingerprint density at radius 2 is 1.91 bits per heavy atom. The van der Waals surface area contributed by atoms with E-state index in [2.05, 4.69) is 25.1 Å². The van der Waals surface area contributed by atoms with E-state index in [-0.39, 0.29) is 17.4 Å². The quantitative estimate of drug-likeness (QED) is 0.220. The average Bonchev–Trinajstić information content (AvgIpc) is 3.20. The number of carbonyl (C=O) groups is 1. The van der Waals surface area contributed by atoms with Gasteiger partial charge in [-0.15, -0.1) is 11.6 Å². The average molecular weight is 471 g/mol. The van der Waals surface area contributed by atoms with E-state index in [9.17, 15) is 9.90 Å². The summed E-state index contributed by atoms with van der Waals surface area (Å²) < 4.78 is 12.1. The van der Waals surface area contributed by atoms with Crippen molar-refractivity contribution in [1.29, 1.82) is 0 Å². The molecule has 0 spiro atoms. The molecule has 0 aliphatic heterocycles. The van der Waals surface area contributed by atoms with Crippen LogP contribution in [0.5, 0.6) is 17.2 Å². The molecule has 3 aromatic carbocycles. The van der Waals surface area contributed by atoms with Crippen LogP contribution in [0.15, 0.2) is 48.5 Å². The molecule has 3 aromatic rings. The highest BCUT2D eigenvalue weighted by atomic mass is 35.5. The number of fused-ring (bicyclic) bond motifs is 1. The lowest BCUT2D eigenvalue weighted by atomic mass is 9.93. The van der Waals surface area contributed by atoms with E-state index in [1.54, 1.807) is 0 Å². The third-order valence-electron chi connectivity index (χ3n) is 5.80. The van der Waals surface area contributed by atoms with E-state index in [0.29, 0.717) is 29.5 Å². The summed E-state index contributed by atoms with van der Waals surface area (Å²) in [6.07, 6.45) is 2.84. The lowest BCUT2D eigenvalue weighted by Gasteiger charge is -2.18. The number of rotatable bonds is 8. The summed E-state index contributed by atoms with van der Waals surface area (Å²) in [4.78, 5) is 11.0. The van der Waals surface area contributed by atoms with Crippen molar-refractivity contribution >= 4 is 29.5 Å². The van der Waals surface area contributed by atoms with Crippen molar-refractivity contribution in [3.05, 3.63) is 75.8 Å². The summed E-state index contributed by atoms with van der Waals surface area (Å²) in [6.45, 7) is 2.66. The number of aromatic hydroxyl groups is 1. The van der Waals surface area contributed by atoms with Gasteiger partial charge in [-0.2, -0.15) is 0 Å². The zero-order valence-electron chi connectivity index (χ0n) is 17.7. The van der Waals surface area contributed by atoms with E-state index in [0.717, 1.165) is 41.7 Å². The maximum Gasteiger partial charge on any atom is 0.153 e. The third kappa shape index (κ3) is 4.43. The number of alkyl halides is 1. The van der Waals surface area contributed by atoms with E-state index in [1.807, 2.05) is 18.2 Å². The van der Waals surface area contributed by atoms with Crippen molar-refractivity contribution in [1.82, 2.24) is 0 Å². The standard InChI is InChI=1S/C26H24Cl2O4/c1-16-18(5-3-8-24(16)31-12-4-11-27)19-6-2-7-21-20(19)9-10-25(21)32-26-14-23(30)17(15-29)13-22(26)28/h2-3,5-8,13-15,25,30H,4,9-12H2,1H3/t25-/m0/s1. The minimum atomic E-state index is -0.188. The summed E-state index contributed by atoms with van der Waals surface area (Å²) in [5, 5.41) is 10.3. The van der Waals surface area contributed by atoms with Gasteiger partial charge in [0.2, 0.25) is 0 Å². The SMILES string of the molecule is Cc1c(OCCCCl)cccc1-c1cccc2c1CC[C@@H]2Oc1cc(O)c(C=O)cc1Cl. The predicted molar refractivity (Wildman–Crippen MR) is 128 cm³/mol. The Kier molecular flexibility index (Phi) is 6.92. The van der Waals surface area contributed by atoms with Gasteiger partial charge in [-0.25, -0.2) is 0 Å². The number of benzene rings is 3. The summed E-state index contributed by atoms with van der Waals surface area (Å²) in [5.41, 5.74) is 5.88. The molecule has 1 atom stereocenters. The maximum atomic E-state index is 11.0. The minimum Gasteiger partial charge on any atom is -0.507 e. The molecule has 0 radical (unpaired) electrons. The van der Waals surface area contributed by atoms with Crippen molar-refractivity contribution in [3.8, 4) is 28.4 Å². The lowest BCUT2D eigenvalue weighted by molar-refractivity contribution is 0.112. The smallest absolute Gasteiger partial charge is 0.153 e. The Bertz CT molecular complexity index is 1140. The largest absolute Gasteiger partial charge is 0.507 e. The van der Waals surface area contributed by atoms with Gasteiger partial charge in [0.05, 0.1) is 17.2 Å². The molecule has 166 valence electrons. The molecule has 4 rings (SSSR count). The summed E-state index contributed by atoms with van der Waals surface area (Å²) in [6, 6.07) is 15.2. The maximum absolute atomic E-state index is 11.0. The Balaban J connectivity index is 1.64. The fraction of sp³-hybridized carbons (Fsp3) is 0.269. The highest BCUT2D eigenvalue weighted by molar-refractivity contribution is 6.32. The molecule has 0 saturated carbocycles. The number of carbonyl (C=O) groups excluding carboxylic acids is 1. The summed E-state index contributed by atoms with van der Waals surface area (Å²) in [5.74, 6) is 1.66. The molecular weight excluding hydrogens is 447 g/mol. The van der Waals surface area contributed by atoms with Crippen LogP contribution in [0.2, 0.25) is 5.02 Å². The van der Waals surface area contributed by atoms with E-state index < -0.39 is 0 Å². The van der Waals surface area contributed by atoms with E-state index in [4.69, 9.17) is 32.7 Å². The van der Waals surface area contributed by atoms with Crippen LogP contribution in [0.4, 0.5) is 0 Å². The van der Waals surface area contributed by atoms with Crippen molar-refractivity contribution in [2.45, 2.75) is 32.3 Å². The fourth-order valence-corrected chi connectivity index (χ4v) is 4.51. The Labute approximate surface area is 197 Å². The van der Waals surface area contributed by atoms with Gasteiger partial charge in [0.25, 0.3) is 0 Å². The van der Waals surface area contributed by atoms with Crippen LogP contribution < -0.4 is 9.47 Å². The van der Waals surface area contributed by atoms with Crippen LogP contribution in [0.1, 0.15) is 46.0 Å². The highest BCUT2D eigenvalue weighted by Crippen LogP contribution is 2.43. The van der Waals surface area contributed by atoms with Gasteiger partial charge >= 0.3 is 0 Å². The number of ether oxygens (including phenoxy) is 2. The lowest BCUT2D eigenvalue weighted by Crippen LogP contribution is -2.04. The molecule has 0 unspecified atom stereocenters. The predicted octanol–water partition coefficient (Wildman–Crippen LogP) is 6.91. The molecule has 32 heavy (non-hydrogen) atoms. The van der Waals surface area contributed by atoms with E-state index >= 15 is 0 Å². The van der Waals surface area contributed by atoms with Crippen LogP contribution in [-0.4, -0.2) is 23.9 Å². The second-order valence-electron chi connectivity index (χ2n) is 7.80. The van der Waals surface area contributed by atoms with Gasteiger partial charge in [0, 0.05) is 11.9 Å². The molecule has 4 nitrogen and oxygen atoms in total. The Morgan fingerprint density at radius 1 is 1.12 bits per heavy atom.